The van der Waals surface area contributed by atoms with Crippen LogP contribution in [0.2, 0.25) is 0 Å². The van der Waals surface area contributed by atoms with Gasteiger partial charge in [-0.2, -0.15) is 0 Å². The molecule has 0 aliphatic carbocycles. The van der Waals surface area contributed by atoms with Gasteiger partial charge in [-0.15, -0.1) is 0 Å². The number of hydrogen-bond donors (Lipinski definition) is 1. The zero-order valence-electron chi connectivity index (χ0n) is 4.76. The van der Waals surface area contributed by atoms with Gasteiger partial charge in [-0.3, -0.25) is 0 Å². The molecule has 8 heavy (non-hydrogen) atoms. The van der Waals surface area contributed by atoms with Crippen molar-refractivity contribution in [2.45, 2.75) is 6.92 Å². The molecule has 1 rings (SSSR count). The molecule has 1 heterocycles. The molecule has 0 aromatic heterocycles. The number of halogens is 1. The van der Waals surface area contributed by atoms with Gasteiger partial charge in [0, 0.05) is 4.48 Å². The summed E-state index contributed by atoms with van der Waals surface area (Å²) in [5, 5.41) is 4.56. The van der Waals surface area contributed by atoms with E-state index >= 15 is 0 Å². The van der Waals surface area contributed by atoms with Crippen LogP contribution in [-0.2, 0) is 0 Å². The summed E-state index contributed by atoms with van der Waals surface area (Å²) in [4.78, 5) is 0. The summed E-state index contributed by atoms with van der Waals surface area (Å²) in [5.41, 5.74) is 0. The SMILES string of the molecule is CC[SH]1C=CC(Br)=C1. The molecule has 0 N–H and O–H groups in total. The monoisotopic (exact) mass is 192 g/mol. The van der Waals surface area contributed by atoms with E-state index in [4.69, 9.17) is 0 Å². The third-order valence-electron chi connectivity index (χ3n) is 1.08. The van der Waals surface area contributed by atoms with Crippen LogP contribution in [0.3, 0.4) is 0 Å². The van der Waals surface area contributed by atoms with E-state index in [1.54, 1.807) is 0 Å². The number of rotatable bonds is 1. The van der Waals surface area contributed by atoms with Crippen LogP contribution in [0.1, 0.15) is 6.92 Å². The van der Waals surface area contributed by atoms with E-state index in [-0.39, 0.29) is 10.9 Å². The smallest absolute Gasteiger partial charge is 0.0228 e. The van der Waals surface area contributed by atoms with Crippen molar-refractivity contribution in [3.63, 3.8) is 0 Å². The van der Waals surface area contributed by atoms with Crippen LogP contribution < -0.4 is 0 Å². The second-order valence-corrected chi connectivity index (χ2v) is 4.79. The van der Waals surface area contributed by atoms with Crippen molar-refractivity contribution in [3.8, 4) is 0 Å². The standard InChI is InChI=1S/C6H9BrS/c1-2-8-4-3-6(7)5-8/h3-5,8H,2H2,1H3. The van der Waals surface area contributed by atoms with Gasteiger partial charge in [-0.25, -0.2) is 10.9 Å². The molecule has 0 aromatic carbocycles. The average molecular weight is 193 g/mol. The van der Waals surface area contributed by atoms with Gasteiger partial charge in [0.25, 0.3) is 0 Å². The van der Waals surface area contributed by atoms with Crippen molar-refractivity contribution in [1.82, 2.24) is 0 Å². The predicted molar refractivity (Wildman–Crippen MR) is 45.7 cm³/mol. The highest BCUT2D eigenvalue weighted by atomic mass is 79.9. The molecule has 0 aromatic rings. The first-order valence-corrected chi connectivity index (χ1v) is 5.10. The fourth-order valence-corrected chi connectivity index (χ4v) is 2.97. The summed E-state index contributed by atoms with van der Waals surface area (Å²) in [6, 6.07) is 0. The van der Waals surface area contributed by atoms with Crippen LogP contribution in [0.4, 0.5) is 0 Å². The highest BCUT2D eigenvalue weighted by Crippen LogP contribution is 2.37. The summed E-state index contributed by atoms with van der Waals surface area (Å²) in [7, 11) is 0.128. The molecule has 1 aliphatic rings. The van der Waals surface area contributed by atoms with Crippen LogP contribution in [0, 0.1) is 0 Å². The molecule has 0 fully saturated rings. The quantitative estimate of drug-likeness (QED) is 0.608. The van der Waals surface area contributed by atoms with Gasteiger partial charge < -0.3 is 0 Å². The number of allylic oxidation sites excluding steroid dienone is 2. The zero-order valence-corrected chi connectivity index (χ0v) is 7.24. The molecular formula is C6H9BrS. The highest BCUT2D eigenvalue weighted by molar-refractivity contribution is 9.12. The van der Waals surface area contributed by atoms with Gasteiger partial charge in [-0.05, 0) is 22.6 Å². The molecule has 2 heteroatoms. The van der Waals surface area contributed by atoms with E-state index in [2.05, 4.69) is 39.7 Å². The molecule has 1 unspecified atom stereocenters. The molecule has 0 saturated carbocycles. The Bertz CT molecular complexity index is 137. The topological polar surface area (TPSA) is 0 Å². The van der Waals surface area contributed by atoms with Gasteiger partial charge >= 0.3 is 0 Å². The summed E-state index contributed by atoms with van der Waals surface area (Å²) >= 11 is 3.41. The summed E-state index contributed by atoms with van der Waals surface area (Å²) < 4.78 is 1.26. The number of hydrogen-bond acceptors (Lipinski definition) is 0. The average Bonchev–Trinajstić information content (AvgIpc) is 2.14. The Morgan fingerprint density at radius 3 is 2.75 bits per heavy atom. The Hall–Kier alpha value is 0.310. The molecule has 0 saturated heterocycles. The fourth-order valence-electron chi connectivity index (χ4n) is 0.608. The molecule has 0 bridgehead atoms. The first kappa shape index (κ1) is 6.43. The van der Waals surface area contributed by atoms with Crippen molar-refractivity contribution in [3.05, 3.63) is 21.4 Å². The minimum atomic E-state index is 0.128. The van der Waals surface area contributed by atoms with E-state index in [1.165, 1.54) is 10.2 Å². The van der Waals surface area contributed by atoms with Gasteiger partial charge in [-0.1, -0.05) is 22.9 Å². The van der Waals surface area contributed by atoms with E-state index in [9.17, 15) is 0 Å². The van der Waals surface area contributed by atoms with Crippen molar-refractivity contribution in [2.75, 3.05) is 5.75 Å². The maximum atomic E-state index is 3.41. The van der Waals surface area contributed by atoms with E-state index in [1.807, 2.05) is 0 Å². The molecule has 0 radical (unpaired) electrons. The van der Waals surface area contributed by atoms with Crippen molar-refractivity contribution in [1.29, 1.82) is 0 Å². The molecule has 1 atom stereocenters. The van der Waals surface area contributed by atoms with Gasteiger partial charge in [0.15, 0.2) is 0 Å². The Labute approximate surface area is 61.1 Å². The molecular weight excluding hydrogens is 184 g/mol. The van der Waals surface area contributed by atoms with Gasteiger partial charge in [0.1, 0.15) is 0 Å². The Kier molecular flexibility index (Phi) is 2.20. The lowest BCUT2D eigenvalue weighted by molar-refractivity contribution is 1.53. The summed E-state index contributed by atoms with van der Waals surface area (Å²) in [6.45, 7) is 2.22. The first-order chi connectivity index (χ1) is 3.83. The van der Waals surface area contributed by atoms with Crippen molar-refractivity contribution < 1.29 is 0 Å². The van der Waals surface area contributed by atoms with Gasteiger partial charge in [0.2, 0.25) is 0 Å². The normalized spacial score (nSPS) is 30.8. The van der Waals surface area contributed by atoms with Crippen molar-refractivity contribution in [2.24, 2.45) is 0 Å². The van der Waals surface area contributed by atoms with Crippen molar-refractivity contribution >= 4 is 26.8 Å². The Balaban J connectivity index is 2.55. The predicted octanol–water partition coefficient (Wildman–Crippen LogP) is 2.77. The lowest BCUT2D eigenvalue weighted by atomic mass is 10.6. The minimum Gasteiger partial charge on any atom is -0.212 e. The minimum absolute atomic E-state index is 0.128. The molecule has 0 spiro atoms. The fraction of sp³-hybridized carbons (Fsp3) is 0.333. The second-order valence-electron chi connectivity index (χ2n) is 1.66. The lowest BCUT2D eigenvalue weighted by Crippen LogP contribution is -1.67. The first-order valence-electron chi connectivity index (χ1n) is 2.64. The maximum absolute atomic E-state index is 3.41. The number of thiol groups is 1. The second kappa shape index (κ2) is 2.74. The van der Waals surface area contributed by atoms with Crippen LogP contribution >= 0.6 is 26.8 Å². The van der Waals surface area contributed by atoms with Crippen LogP contribution in [0.15, 0.2) is 21.4 Å². The summed E-state index contributed by atoms with van der Waals surface area (Å²) in [6.07, 6.45) is 2.13. The van der Waals surface area contributed by atoms with Crippen LogP contribution in [0.5, 0.6) is 0 Å². The third kappa shape index (κ3) is 1.39. The largest absolute Gasteiger partial charge is 0.212 e. The van der Waals surface area contributed by atoms with E-state index in [0.29, 0.717) is 0 Å². The summed E-state index contributed by atoms with van der Waals surface area (Å²) in [5.74, 6) is 1.28. The van der Waals surface area contributed by atoms with Crippen LogP contribution in [0.25, 0.3) is 0 Å². The van der Waals surface area contributed by atoms with Crippen LogP contribution in [-0.4, -0.2) is 5.75 Å². The Morgan fingerprint density at radius 1 is 1.75 bits per heavy atom. The van der Waals surface area contributed by atoms with E-state index < -0.39 is 0 Å². The lowest BCUT2D eigenvalue weighted by Gasteiger charge is -2.01. The third-order valence-corrected chi connectivity index (χ3v) is 3.80. The molecule has 0 nitrogen and oxygen atoms in total. The van der Waals surface area contributed by atoms with Gasteiger partial charge in [0.05, 0.1) is 0 Å². The zero-order chi connectivity index (χ0) is 5.98. The molecule has 46 valence electrons. The molecule has 0 amide bonds. The highest BCUT2D eigenvalue weighted by Gasteiger charge is 1.98. The maximum Gasteiger partial charge on any atom is 0.0228 e. The molecule has 1 aliphatic heterocycles. The Morgan fingerprint density at radius 2 is 2.50 bits per heavy atom. The van der Waals surface area contributed by atoms with E-state index in [0.717, 1.165) is 0 Å².